The standard InChI is InChI=1S/C26H26F4N4O3/c27-19-8-4-7-17-20(15-5-2-1-3-6-15)32-23(25(37)33-21(17)19)34-24(36)18(13-14-9-10-14)16(22(31)35)11-12-26(28,29)30/h1-8,14,16,18,23H,9-13H2,(H2,31,35)(H,33,37)(H,34,36)/t16-,18+,23-/m1/s1. The van der Waals surface area contributed by atoms with Gasteiger partial charge in [0, 0.05) is 29.4 Å². The number of alkyl halides is 3. The number of carbonyl (C=O) groups excluding carboxylic acids is 3. The van der Waals surface area contributed by atoms with Gasteiger partial charge in [-0.05, 0) is 24.8 Å². The average Bonchev–Trinajstić information content (AvgIpc) is 3.67. The van der Waals surface area contributed by atoms with Crippen LogP contribution >= 0.6 is 0 Å². The van der Waals surface area contributed by atoms with Crippen molar-refractivity contribution < 1.29 is 31.9 Å². The number of fused-ring (bicyclic) bond motifs is 1. The van der Waals surface area contributed by atoms with Gasteiger partial charge in [-0.3, -0.25) is 14.4 Å². The number of para-hydroxylation sites is 1. The Kier molecular flexibility index (Phi) is 7.60. The largest absolute Gasteiger partial charge is 0.389 e. The van der Waals surface area contributed by atoms with E-state index in [1.807, 2.05) is 0 Å². The number of amides is 3. The van der Waals surface area contributed by atoms with E-state index in [1.165, 1.54) is 12.1 Å². The first-order valence-electron chi connectivity index (χ1n) is 11.9. The molecule has 2 aliphatic rings. The molecule has 0 saturated heterocycles. The van der Waals surface area contributed by atoms with Crippen molar-refractivity contribution in [3.8, 4) is 0 Å². The molecule has 0 aromatic heterocycles. The molecule has 1 heterocycles. The third-order valence-corrected chi connectivity index (χ3v) is 6.56. The molecule has 196 valence electrons. The highest BCUT2D eigenvalue weighted by Crippen LogP contribution is 2.39. The lowest BCUT2D eigenvalue weighted by molar-refractivity contribution is -0.146. The highest BCUT2D eigenvalue weighted by atomic mass is 19.4. The molecule has 1 aliphatic carbocycles. The van der Waals surface area contributed by atoms with Gasteiger partial charge in [0.1, 0.15) is 5.82 Å². The predicted molar refractivity (Wildman–Crippen MR) is 128 cm³/mol. The summed E-state index contributed by atoms with van der Waals surface area (Å²) >= 11 is 0. The summed E-state index contributed by atoms with van der Waals surface area (Å²) in [6.45, 7) is 0. The van der Waals surface area contributed by atoms with Gasteiger partial charge in [-0.15, -0.1) is 0 Å². The number of carbonyl (C=O) groups is 3. The molecule has 1 fully saturated rings. The molecule has 3 atom stereocenters. The first-order chi connectivity index (χ1) is 17.5. The van der Waals surface area contributed by atoms with Crippen LogP contribution in [0, 0.1) is 23.6 Å². The third-order valence-electron chi connectivity index (χ3n) is 6.56. The molecule has 37 heavy (non-hydrogen) atoms. The molecule has 1 aliphatic heterocycles. The van der Waals surface area contributed by atoms with Crippen molar-refractivity contribution in [3.05, 3.63) is 65.5 Å². The lowest BCUT2D eigenvalue weighted by atomic mass is 9.83. The minimum atomic E-state index is -4.53. The molecule has 7 nitrogen and oxygen atoms in total. The third kappa shape index (κ3) is 6.52. The molecule has 1 saturated carbocycles. The predicted octanol–water partition coefficient (Wildman–Crippen LogP) is 3.92. The Labute approximate surface area is 210 Å². The van der Waals surface area contributed by atoms with Crippen molar-refractivity contribution in [2.45, 2.75) is 44.4 Å². The van der Waals surface area contributed by atoms with Crippen LogP contribution in [0.3, 0.4) is 0 Å². The van der Waals surface area contributed by atoms with E-state index in [2.05, 4.69) is 15.6 Å². The Morgan fingerprint density at radius 1 is 1.08 bits per heavy atom. The molecule has 11 heteroatoms. The second kappa shape index (κ2) is 10.7. The molecular formula is C26H26F4N4O3. The number of hydrogen-bond acceptors (Lipinski definition) is 4. The number of aliphatic imine (C=N–C) groups is 1. The average molecular weight is 519 g/mol. The van der Waals surface area contributed by atoms with E-state index in [9.17, 15) is 31.9 Å². The maximum absolute atomic E-state index is 14.7. The summed E-state index contributed by atoms with van der Waals surface area (Å²) in [6.07, 6.45) is -6.24. The lowest BCUT2D eigenvalue weighted by Crippen LogP contribution is -2.48. The smallest absolute Gasteiger partial charge is 0.369 e. The van der Waals surface area contributed by atoms with E-state index in [0.717, 1.165) is 12.8 Å². The van der Waals surface area contributed by atoms with Crippen LogP contribution in [0.25, 0.3) is 0 Å². The van der Waals surface area contributed by atoms with Crippen molar-refractivity contribution >= 4 is 29.1 Å². The molecule has 2 aromatic carbocycles. The second-order valence-electron chi connectivity index (χ2n) is 9.35. The Bertz CT molecular complexity index is 1210. The Morgan fingerprint density at radius 2 is 1.78 bits per heavy atom. The van der Waals surface area contributed by atoms with Gasteiger partial charge < -0.3 is 16.4 Å². The number of benzodiazepines with no additional fused rings is 1. The van der Waals surface area contributed by atoms with Crippen LogP contribution in [0.5, 0.6) is 0 Å². The van der Waals surface area contributed by atoms with E-state index < -0.39 is 60.6 Å². The number of primary amides is 1. The number of anilines is 1. The maximum Gasteiger partial charge on any atom is 0.389 e. The minimum absolute atomic E-state index is 0.0770. The lowest BCUT2D eigenvalue weighted by Gasteiger charge is -2.26. The zero-order valence-corrected chi connectivity index (χ0v) is 19.7. The highest BCUT2D eigenvalue weighted by molar-refractivity contribution is 6.20. The van der Waals surface area contributed by atoms with E-state index >= 15 is 0 Å². The second-order valence-corrected chi connectivity index (χ2v) is 9.35. The number of hydrogen-bond donors (Lipinski definition) is 3. The summed E-state index contributed by atoms with van der Waals surface area (Å²) < 4.78 is 53.4. The minimum Gasteiger partial charge on any atom is -0.369 e. The van der Waals surface area contributed by atoms with Gasteiger partial charge in [-0.25, -0.2) is 9.38 Å². The van der Waals surface area contributed by atoms with Crippen LogP contribution in [0.2, 0.25) is 0 Å². The molecule has 0 spiro atoms. The Hall–Kier alpha value is -3.76. The number of halogens is 4. The summed E-state index contributed by atoms with van der Waals surface area (Å²) in [5.41, 5.74) is 6.40. The zero-order chi connectivity index (χ0) is 26.7. The summed E-state index contributed by atoms with van der Waals surface area (Å²) in [7, 11) is 0. The van der Waals surface area contributed by atoms with Crippen molar-refractivity contribution in [1.82, 2.24) is 5.32 Å². The Morgan fingerprint density at radius 3 is 2.41 bits per heavy atom. The van der Waals surface area contributed by atoms with Crippen molar-refractivity contribution in [2.24, 2.45) is 28.5 Å². The molecule has 0 bridgehead atoms. The van der Waals surface area contributed by atoms with Gasteiger partial charge in [-0.2, -0.15) is 13.2 Å². The van der Waals surface area contributed by atoms with Crippen LogP contribution in [0.1, 0.15) is 43.2 Å². The van der Waals surface area contributed by atoms with Crippen LogP contribution in [-0.4, -0.2) is 35.8 Å². The zero-order valence-electron chi connectivity index (χ0n) is 19.7. The van der Waals surface area contributed by atoms with Gasteiger partial charge in [-0.1, -0.05) is 55.3 Å². The number of benzene rings is 2. The fourth-order valence-electron chi connectivity index (χ4n) is 4.49. The molecule has 0 unspecified atom stereocenters. The van der Waals surface area contributed by atoms with E-state index in [4.69, 9.17) is 5.73 Å². The van der Waals surface area contributed by atoms with Crippen LogP contribution in [-0.2, 0) is 14.4 Å². The Balaban J connectivity index is 1.66. The summed E-state index contributed by atoms with van der Waals surface area (Å²) in [5, 5.41) is 4.93. The SMILES string of the molecule is NC(=O)[C@H](CCC(F)(F)F)[C@H](CC1CC1)C(=O)N[C@H]1N=C(c2ccccc2)c2cccc(F)c2NC1=O. The summed E-state index contributed by atoms with van der Waals surface area (Å²) in [6, 6.07) is 12.8. The number of nitrogens with two attached hydrogens (primary N) is 1. The normalized spacial score (nSPS) is 19.1. The van der Waals surface area contributed by atoms with E-state index in [1.54, 1.807) is 36.4 Å². The topological polar surface area (TPSA) is 114 Å². The van der Waals surface area contributed by atoms with Crippen LogP contribution < -0.4 is 16.4 Å². The maximum atomic E-state index is 14.7. The van der Waals surface area contributed by atoms with Gasteiger partial charge in [0.15, 0.2) is 0 Å². The van der Waals surface area contributed by atoms with Crippen molar-refractivity contribution in [1.29, 1.82) is 0 Å². The molecule has 2 aromatic rings. The van der Waals surface area contributed by atoms with Gasteiger partial charge in [0.2, 0.25) is 18.0 Å². The quantitative estimate of drug-likeness (QED) is 0.437. The van der Waals surface area contributed by atoms with Gasteiger partial charge >= 0.3 is 6.18 Å². The van der Waals surface area contributed by atoms with Crippen molar-refractivity contribution in [3.63, 3.8) is 0 Å². The van der Waals surface area contributed by atoms with Crippen LogP contribution in [0.15, 0.2) is 53.5 Å². The fraction of sp³-hybridized carbons (Fsp3) is 0.385. The number of nitrogens with one attached hydrogen (secondary N) is 2. The number of nitrogens with zero attached hydrogens (tertiary/aromatic N) is 1. The summed E-state index contributed by atoms with van der Waals surface area (Å²) in [4.78, 5) is 42.9. The monoisotopic (exact) mass is 518 g/mol. The number of rotatable bonds is 9. The fourth-order valence-corrected chi connectivity index (χ4v) is 4.49. The molecule has 4 rings (SSSR count). The molecular weight excluding hydrogens is 492 g/mol. The highest BCUT2D eigenvalue weighted by Gasteiger charge is 2.41. The molecule has 3 amide bonds. The molecule has 0 radical (unpaired) electrons. The first-order valence-corrected chi connectivity index (χ1v) is 11.9. The van der Waals surface area contributed by atoms with E-state index in [0.29, 0.717) is 11.1 Å². The molecule has 4 N–H and O–H groups in total. The summed E-state index contributed by atoms with van der Waals surface area (Å²) in [5.74, 6) is -5.82. The van der Waals surface area contributed by atoms with Crippen molar-refractivity contribution in [2.75, 3.05) is 5.32 Å². The first kappa shape index (κ1) is 26.3. The van der Waals surface area contributed by atoms with Gasteiger partial charge in [0.05, 0.1) is 11.4 Å². The van der Waals surface area contributed by atoms with E-state index in [-0.39, 0.29) is 23.7 Å². The van der Waals surface area contributed by atoms with Gasteiger partial charge in [0.25, 0.3) is 5.91 Å². The van der Waals surface area contributed by atoms with Crippen LogP contribution in [0.4, 0.5) is 23.2 Å².